The highest BCUT2D eigenvalue weighted by Gasteiger charge is 2.17. The average Bonchev–Trinajstić information content (AvgIpc) is 2.45. The van der Waals surface area contributed by atoms with E-state index in [9.17, 15) is 9.18 Å². The molecule has 116 valence electrons. The summed E-state index contributed by atoms with van der Waals surface area (Å²) in [4.78, 5) is 11.9. The minimum absolute atomic E-state index is 0.245. The molecule has 0 saturated heterocycles. The zero-order chi connectivity index (χ0) is 16.2. The van der Waals surface area contributed by atoms with Crippen LogP contribution in [0.2, 0.25) is 0 Å². The first-order valence-corrected chi connectivity index (χ1v) is 7.15. The van der Waals surface area contributed by atoms with E-state index in [1.807, 2.05) is 32.9 Å². The molecular weight excluding hydrogens is 281 g/mol. The van der Waals surface area contributed by atoms with Crippen LogP contribution in [0.15, 0.2) is 48.5 Å². The van der Waals surface area contributed by atoms with Gasteiger partial charge >= 0.3 is 5.97 Å². The molecule has 2 aromatic carbocycles. The van der Waals surface area contributed by atoms with Crippen molar-refractivity contribution in [1.82, 2.24) is 0 Å². The van der Waals surface area contributed by atoms with E-state index in [4.69, 9.17) is 4.74 Å². The Labute approximate surface area is 130 Å². The molecule has 0 fully saturated rings. The summed E-state index contributed by atoms with van der Waals surface area (Å²) in [6.45, 7) is 6.10. The largest absolute Gasteiger partial charge is 0.456 e. The summed E-state index contributed by atoms with van der Waals surface area (Å²) in [6, 6.07) is 13.4. The molecule has 0 saturated carbocycles. The molecule has 0 heterocycles. The van der Waals surface area contributed by atoms with Crippen molar-refractivity contribution in [3.63, 3.8) is 0 Å². The predicted molar refractivity (Wildman–Crippen MR) is 85.3 cm³/mol. The van der Waals surface area contributed by atoms with Gasteiger partial charge in [0.15, 0.2) is 0 Å². The van der Waals surface area contributed by atoms with E-state index in [1.54, 1.807) is 24.3 Å². The summed E-state index contributed by atoms with van der Waals surface area (Å²) in [5, 5.41) is 3.22. The number of hydrogen-bond acceptors (Lipinski definition) is 3. The maximum atomic E-state index is 12.8. The number of ether oxygens (including phenoxy) is 1. The molecule has 2 rings (SSSR count). The van der Waals surface area contributed by atoms with Gasteiger partial charge in [-0.15, -0.1) is 0 Å². The number of anilines is 1. The fraction of sp³-hybridized carbons (Fsp3) is 0.278. The number of halogens is 1. The molecule has 0 aliphatic carbocycles. The highest BCUT2D eigenvalue weighted by atomic mass is 19.1. The zero-order valence-corrected chi connectivity index (χ0v) is 13.0. The third-order valence-electron chi connectivity index (χ3n) is 2.93. The SMILES string of the molecule is CC(C)(C)OC(=O)c1ccc(NCc2ccc(F)cc2)cc1. The Morgan fingerprint density at radius 2 is 1.64 bits per heavy atom. The second-order valence-electron chi connectivity index (χ2n) is 6.06. The van der Waals surface area contributed by atoms with Gasteiger partial charge < -0.3 is 10.1 Å². The Balaban J connectivity index is 1.94. The number of benzene rings is 2. The van der Waals surface area contributed by atoms with Gasteiger partial charge in [0.25, 0.3) is 0 Å². The molecule has 0 aliphatic rings. The van der Waals surface area contributed by atoms with Gasteiger partial charge in [-0.2, -0.15) is 0 Å². The normalized spacial score (nSPS) is 11.1. The fourth-order valence-electron chi connectivity index (χ4n) is 1.87. The molecule has 0 aromatic heterocycles. The first-order chi connectivity index (χ1) is 10.3. The van der Waals surface area contributed by atoms with Crippen molar-refractivity contribution < 1.29 is 13.9 Å². The van der Waals surface area contributed by atoms with Gasteiger partial charge in [0.05, 0.1) is 5.56 Å². The Bertz CT molecular complexity index is 628. The van der Waals surface area contributed by atoms with E-state index in [0.717, 1.165) is 11.3 Å². The van der Waals surface area contributed by atoms with E-state index in [2.05, 4.69) is 5.32 Å². The van der Waals surface area contributed by atoms with E-state index in [1.165, 1.54) is 12.1 Å². The number of nitrogens with one attached hydrogen (secondary N) is 1. The number of carbonyl (C=O) groups is 1. The van der Waals surface area contributed by atoms with Crippen LogP contribution in [0.3, 0.4) is 0 Å². The third kappa shape index (κ3) is 4.88. The van der Waals surface area contributed by atoms with Crippen molar-refractivity contribution in [2.45, 2.75) is 32.9 Å². The van der Waals surface area contributed by atoms with Crippen LogP contribution in [0.25, 0.3) is 0 Å². The fourth-order valence-corrected chi connectivity index (χ4v) is 1.87. The van der Waals surface area contributed by atoms with Gasteiger partial charge in [-0.1, -0.05) is 12.1 Å². The monoisotopic (exact) mass is 301 g/mol. The molecule has 3 nitrogen and oxygen atoms in total. The van der Waals surface area contributed by atoms with Crippen LogP contribution in [0.4, 0.5) is 10.1 Å². The quantitative estimate of drug-likeness (QED) is 0.851. The van der Waals surface area contributed by atoms with Gasteiger partial charge in [0.2, 0.25) is 0 Å². The molecular formula is C18H20FNO2. The van der Waals surface area contributed by atoms with Crippen LogP contribution >= 0.6 is 0 Å². The molecule has 0 bridgehead atoms. The van der Waals surface area contributed by atoms with Crippen LogP contribution in [-0.4, -0.2) is 11.6 Å². The van der Waals surface area contributed by atoms with Crippen molar-refractivity contribution in [2.75, 3.05) is 5.32 Å². The number of hydrogen-bond donors (Lipinski definition) is 1. The highest BCUT2D eigenvalue weighted by molar-refractivity contribution is 5.90. The first-order valence-electron chi connectivity index (χ1n) is 7.15. The van der Waals surface area contributed by atoms with Crippen molar-refractivity contribution in [1.29, 1.82) is 0 Å². The second kappa shape index (κ2) is 6.60. The van der Waals surface area contributed by atoms with Crippen molar-refractivity contribution in [3.8, 4) is 0 Å². The van der Waals surface area contributed by atoms with Crippen LogP contribution in [0.5, 0.6) is 0 Å². The maximum Gasteiger partial charge on any atom is 0.338 e. The lowest BCUT2D eigenvalue weighted by molar-refractivity contribution is 0.00696. The lowest BCUT2D eigenvalue weighted by atomic mass is 10.1. The topological polar surface area (TPSA) is 38.3 Å². The van der Waals surface area contributed by atoms with Gasteiger partial charge in [-0.25, -0.2) is 9.18 Å². The molecule has 1 N–H and O–H groups in total. The Hall–Kier alpha value is -2.36. The molecule has 4 heteroatoms. The lowest BCUT2D eigenvalue weighted by Crippen LogP contribution is -2.23. The Morgan fingerprint density at radius 3 is 2.18 bits per heavy atom. The minimum atomic E-state index is -0.503. The summed E-state index contributed by atoms with van der Waals surface area (Å²) < 4.78 is 18.1. The summed E-state index contributed by atoms with van der Waals surface area (Å²) >= 11 is 0. The number of carbonyl (C=O) groups excluding carboxylic acids is 1. The molecule has 0 spiro atoms. The van der Waals surface area contributed by atoms with Crippen molar-refractivity contribution in [3.05, 3.63) is 65.5 Å². The van der Waals surface area contributed by atoms with Crippen molar-refractivity contribution >= 4 is 11.7 Å². The smallest absolute Gasteiger partial charge is 0.338 e. The zero-order valence-electron chi connectivity index (χ0n) is 13.0. The molecule has 0 radical (unpaired) electrons. The van der Waals surface area contributed by atoms with Crippen LogP contribution in [0, 0.1) is 5.82 Å². The van der Waals surface area contributed by atoms with Gasteiger partial charge in [0.1, 0.15) is 11.4 Å². The maximum absolute atomic E-state index is 12.8. The van der Waals surface area contributed by atoms with Crippen molar-refractivity contribution in [2.24, 2.45) is 0 Å². The van der Waals surface area contributed by atoms with Gasteiger partial charge in [0, 0.05) is 12.2 Å². The highest BCUT2D eigenvalue weighted by Crippen LogP contribution is 2.15. The Morgan fingerprint density at radius 1 is 1.05 bits per heavy atom. The van der Waals surface area contributed by atoms with E-state index in [0.29, 0.717) is 12.1 Å². The molecule has 0 aliphatic heterocycles. The van der Waals surface area contributed by atoms with Gasteiger partial charge in [-0.05, 0) is 62.7 Å². The Kier molecular flexibility index (Phi) is 4.81. The van der Waals surface area contributed by atoms with Crippen LogP contribution in [0.1, 0.15) is 36.7 Å². The van der Waals surface area contributed by atoms with Gasteiger partial charge in [-0.3, -0.25) is 0 Å². The summed E-state index contributed by atoms with van der Waals surface area (Å²) in [5.74, 6) is -0.581. The lowest BCUT2D eigenvalue weighted by Gasteiger charge is -2.19. The summed E-state index contributed by atoms with van der Waals surface area (Å²) in [7, 11) is 0. The third-order valence-corrected chi connectivity index (χ3v) is 2.93. The van der Waals surface area contributed by atoms with E-state index < -0.39 is 5.60 Å². The number of esters is 1. The molecule has 0 atom stereocenters. The second-order valence-corrected chi connectivity index (χ2v) is 6.06. The van der Waals surface area contributed by atoms with E-state index >= 15 is 0 Å². The predicted octanol–water partition coefficient (Wildman–Crippen LogP) is 4.39. The molecule has 2 aromatic rings. The van der Waals surface area contributed by atoms with E-state index in [-0.39, 0.29) is 11.8 Å². The first kappa shape index (κ1) is 16.0. The summed E-state index contributed by atoms with van der Waals surface area (Å²) in [5.41, 5.74) is 1.88. The minimum Gasteiger partial charge on any atom is -0.456 e. The molecule has 0 unspecified atom stereocenters. The summed E-state index contributed by atoms with van der Waals surface area (Å²) in [6.07, 6.45) is 0. The van der Waals surface area contributed by atoms with Crippen LogP contribution in [-0.2, 0) is 11.3 Å². The average molecular weight is 301 g/mol. The number of rotatable bonds is 4. The molecule has 0 amide bonds. The molecule has 22 heavy (non-hydrogen) atoms. The van der Waals surface area contributed by atoms with Crippen LogP contribution < -0.4 is 5.32 Å². The standard InChI is InChI=1S/C18H20FNO2/c1-18(2,3)22-17(21)14-6-10-16(11-7-14)20-12-13-4-8-15(19)9-5-13/h4-11,20H,12H2,1-3H3.